The Morgan fingerprint density at radius 3 is 2.56 bits per heavy atom. The minimum absolute atomic E-state index is 0.147. The number of piperidine rings is 1. The van der Waals surface area contributed by atoms with Crippen molar-refractivity contribution in [1.82, 2.24) is 14.7 Å². The Balaban J connectivity index is 1.69. The molecule has 0 N–H and O–H groups in total. The third-order valence-electron chi connectivity index (χ3n) is 5.77. The first-order valence-electron chi connectivity index (χ1n) is 10.9. The number of nitro groups is 1. The van der Waals surface area contributed by atoms with Gasteiger partial charge in [0.25, 0.3) is 11.6 Å². The highest BCUT2D eigenvalue weighted by atomic mass is 19.1. The van der Waals surface area contributed by atoms with E-state index >= 15 is 0 Å². The number of carbonyl (C=O) groups excluding carboxylic acids is 2. The average molecular weight is 466 g/mol. The van der Waals surface area contributed by atoms with Gasteiger partial charge in [0.15, 0.2) is 0 Å². The SMILES string of the molecule is CCOC(=O)C1CCN(C(=O)c2cc(-c3ccccc3F)nn2-c2cccc([N+](=O)[O-])c2)CC1. The maximum atomic E-state index is 14.4. The van der Waals surface area contributed by atoms with Gasteiger partial charge in [-0.25, -0.2) is 9.07 Å². The third kappa shape index (κ3) is 4.66. The van der Waals surface area contributed by atoms with Crippen molar-refractivity contribution in [3.05, 3.63) is 76.2 Å². The van der Waals surface area contributed by atoms with Gasteiger partial charge in [-0.05, 0) is 44.0 Å². The van der Waals surface area contributed by atoms with E-state index in [0.717, 1.165) is 0 Å². The van der Waals surface area contributed by atoms with Crippen LogP contribution in [0.1, 0.15) is 30.3 Å². The molecular weight excluding hydrogens is 443 g/mol. The van der Waals surface area contributed by atoms with E-state index in [9.17, 15) is 24.1 Å². The number of halogens is 1. The summed E-state index contributed by atoms with van der Waals surface area (Å²) in [5.74, 6) is -1.39. The van der Waals surface area contributed by atoms with Crippen molar-refractivity contribution in [1.29, 1.82) is 0 Å². The van der Waals surface area contributed by atoms with Crippen LogP contribution in [0.15, 0.2) is 54.6 Å². The summed E-state index contributed by atoms with van der Waals surface area (Å²) in [4.78, 5) is 37.8. The van der Waals surface area contributed by atoms with Crippen molar-refractivity contribution in [2.24, 2.45) is 5.92 Å². The summed E-state index contributed by atoms with van der Waals surface area (Å²) >= 11 is 0. The van der Waals surface area contributed by atoms with E-state index in [-0.39, 0.29) is 40.4 Å². The molecule has 0 aliphatic carbocycles. The smallest absolute Gasteiger partial charge is 0.309 e. The Hall–Kier alpha value is -4.08. The summed E-state index contributed by atoms with van der Waals surface area (Å²) in [5, 5.41) is 15.7. The molecule has 0 unspecified atom stereocenters. The van der Waals surface area contributed by atoms with Gasteiger partial charge in [-0.3, -0.25) is 19.7 Å². The predicted molar refractivity (Wildman–Crippen MR) is 121 cm³/mol. The van der Waals surface area contributed by atoms with E-state index in [1.165, 1.54) is 35.0 Å². The van der Waals surface area contributed by atoms with Crippen LogP contribution in [-0.2, 0) is 9.53 Å². The number of ether oxygens (including phenoxy) is 1. The number of aromatic nitrogens is 2. The van der Waals surface area contributed by atoms with E-state index in [1.54, 1.807) is 36.1 Å². The lowest BCUT2D eigenvalue weighted by Gasteiger charge is -2.30. The topological polar surface area (TPSA) is 108 Å². The van der Waals surface area contributed by atoms with Crippen LogP contribution in [0.3, 0.4) is 0 Å². The molecule has 1 saturated heterocycles. The molecule has 1 aromatic heterocycles. The molecule has 0 bridgehead atoms. The molecule has 2 aromatic carbocycles. The van der Waals surface area contributed by atoms with Crippen LogP contribution in [0.4, 0.5) is 10.1 Å². The number of hydrogen-bond acceptors (Lipinski definition) is 6. The quantitative estimate of drug-likeness (QED) is 0.309. The first kappa shape index (κ1) is 23.1. The number of rotatable bonds is 6. The fourth-order valence-electron chi connectivity index (χ4n) is 4.01. The van der Waals surface area contributed by atoms with Crippen molar-refractivity contribution in [2.75, 3.05) is 19.7 Å². The van der Waals surface area contributed by atoms with Crippen molar-refractivity contribution >= 4 is 17.6 Å². The molecule has 0 radical (unpaired) electrons. The Morgan fingerprint density at radius 1 is 1.15 bits per heavy atom. The molecule has 1 aliphatic rings. The van der Waals surface area contributed by atoms with Gasteiger partial charge in [-0.2, -0.15) is 5.10 Å². The van der Waals surface area contributed by atoms with Crippen LogP contribution in [0.25, 0.3) is 16.9 Å². The first-order valence-corrected chi connectivity index (χ1v) is 10.9. The summed E-state index contributed by atoms with van der Waals surface area (Å²) in [5.41, 5.74) is 0.736. The Kier molecular flexibility index (Phi) is 6.67. The van der Waals surface area contributed by atoms with Crippen LogP contribution in [0, 0.1) is 21.8 Å². The minimum atomic E-state index is -0.535. The molecule has 0 spiro atoms. The molecular formula is C24H23FN4O5. The number of nitrogens with zero attached hydrogens (tertiary/aromatic N) is 4. The molecule has 10 heteroatoms. The molecule has 0 saturated carbocycles. The number of likely N-dealkylation sites (tertiary alicyclic amines) is 1. The summed E-state index contributed by atoms with van der Waals surface area (Å²) in [6.07, 6.45) is 0.936. The van der Waals surface area contributed by atoms with E-state index in [0.29, 0.717) is 38.2 Å². The first-order chi connectivity index (χ1) is 16.4. The Bertz CT molecular complexity index is 1230. The van der Waals surface area contributed by atoms with Crippen LogP contribution >= 0.6 is 0 Å². The second-order valence-corrected chi connectivity index (χ2v) is 7.90. The van der Waals surface area contributed by atoms with Gasteiger partial charge in [0.05, 0.1) is 28.8 Å². The van der Waals surface area contributed by atoms with E-state index < -0.39 is 10.7 Å². The lowest BCUT2D eigenvalue weighted by atomic mass is 9.97. The van der Waals surface area contributed by atoms with Crippen molar-refractivity contribution in [3.63, 3.8) is 0 Å². The fraction of sp³-hybridized carbons (Fsp3) is 0.292. The highest BCUT2D eigenvalue weighted by molar-refractivity contribution is 5.94. The number of esters is 1. The maximum absolute atomic E-state index is 14.4. The fourth-order valence-corrected chi connectivity index (χ4v) is 4.01. The average Bonchev–Trinajstić information content (AvgIpc) is 3.29. The van der Waals surface area contributed by atoms with Gasteiger partial charge in [-0.15, -0.1) is 0 Å². The number of amides is 1. The van der Waals surface area contributed by atoms with Gasteiger partial charge in [0.1, 0.15) is 11.5 Å². The lowest BCUT2D eigenvalue weighted by Crippen LogP contribution is -2.41. The highest BCUT2D eigenvalue weighted by Gasteiger charge is 2.31. The molecule has 9 nitrogen and oxygen atoms in total. The summed E-state index contributed by atoms with van der Waals surface area (Å²) in [6.45, 7) is 2.74. The monoisotopic (exact) mass is 466 g/mol. The maximum Gasteiger partial charge on any atom is 0.309 e. The summed E-state index contributed by atoms with van der Waals surface area (Å²) in [6, 6.07) is 13.3. The highest BCUT2D eigenvalue weighted by Crippen LogP contribution is 2.27. The molecule has 34 heavy (non-hydrogen) atoms. The van der Waals surface area contributed by atoms with Gasteiger partial charge in [-0.1, -0.05) is 18.2 Å². The van der Waals surface area contributed by atoms with Crippen LogP contribution in [0.5, 0.6) is 0 Å². The predicted octanol–water partition coefficient (Wildman–Crippen LogP) is 4.00. The summed E-state index contributed by atoms with van der Waals surface area (Å²) < 4.78 is 20.8. The molecule has 1 aliphatic heterocycles. The number of hydrogen-bond donors (Lipinski definition) is 0. The summed E-state index contributed by atoms with van der Waals surface area (Å²) in [7, 11) is 0. The number of carbonyl (C=O) groups is 2. The minimum Gasteiger partial charge on any atom is -0.466 e. The van der Waals surface area contributed by atoms with Crippen LogP contribution < -0.4 is 0 Å². The molecule has 176 valence electrons. The Morgan fingerprint density at radius 2 is 1.88 bits per heavy atom. The van der Waals surface area contributed by atoms with Crippen LogP contribution in [0.2, 0.25) is 0 Å². The molecule has 2 heterocycles. The molecule has 4 rings (SSSR count). The Labute approximate surface area is 194 Å². The van der Waals surface area contributed by atoms with Gasteiger partial charge < -0.3 is 9.64 Å². The van der Waals surface area contributed by atoms with Gasteiger partial charge in [0, 0.05) is 30.8 Å². The third-order valence-corrected chi connectivity index (χ3v) is 5.77. The number of non-ortho nitro benzene ring substituents is 1. The largest absolute Gasteiger partial charge is 0.466 e. The van der Waals surface area contributed by atoms with Crippen molar-refractivity contribution in [2.45, 2.75) is 19.8 Å². The molecule has 3 aromatic rings. The van der Waals surface area contributed by atoms with Crippen LogP contribution in [-0.4, -0.2) is 51.2 Å². The van der Waals surface area contributed by atoms with E-state index in [2.05, 4.69) is 5.10 Å². The molecule has 0 atom stereocenters. The van der Waals surface area contributed by atoms with Gasteiger partial charge >= 0.3 is 5.97 Å². The normalized spacial score (nSPS) is 14.1. The molecule has 1 amide bonds. The second-order valence-electron chi connectivity index (χ2n) is 7.90. The van der Waals surface area contributed by atoms with Gasteiger partial charge in [0.2, 0.25) is 0 Å². The zero-order chi connectivity index (χ0) is 24.2. The van der Waals surface area contributed by atoms with Crippen molar-refractivity contribution in [3.8, 4) is 16.9 Å². The van der Waals surface area contributed by atoms with Crippen molar-refractivity contribution < 1.29 is 23.6 Å². The zero-order valence-electron chi connectivity index (χ0n) is 18.5. The lowest BCUT2D eigenvalue weighted by molar-refractivity contribution is -0.384. The van der Waals surface area contributed by atoms with E-state index in [1.807, 2.05) is 0 Å². The number of benzene rings is 2. The standard InChI is InChI=1S/C24H23FN4O5/c1-2-34-24(31)16-10-12-27(13-11-16)23(30)22-15-21(19-8-3-4-9-20(19)25)26-28(22)17-6-5-7-18(14-17)29(32)33/h3-9,14-16H,2,10-13H2,1H3. The molecule has 1 fully saturated rings. The zero-order valence-corrected chi connectivity index (χ0v) is 18.5. The number of nitro benzene ring substituents is 1. The van der Waals surface area contributed by atoms with E-state index in [4.69, 9.17) is 4.74 Å². The second kappa shape index (κ2) is 9.82.